The molecule has 0 saturated carbocycles. The Balaban J connectivity index is 0.00000220. The second kappa shape index (κ2) is 8.93. The molecule has 2 rings (SSSR count). The normalized spacial score (nSPS) is 11.7. The van der Waals surface area contributed by atoms with Crippen LogP contribution in [0, 0.1) is 0 Å². The van der Waals surface area contributed by atoms with Crippen LogP contribution >= 0.6 is 24.2 Å². The topological polar surface area (TPSA) is 52.3 Å². The Bertz CT molecular complexity index is 591. The molecule has 0 aliphatic carbocycles. The minimum absolute atomic E-state index is 0. The van der Waals surface area contributed by atoms with Gasteiger partial charge in [0.25, 0.3) is 0 Å². The van der Waals surface area contributed by atoms with E-state index in [1.165, 1.54) is 16.3 Å². The zero-order chi connectivity index (χ0) is 14.4. The highest BCUT2D eigenvalue weighted by molar-refractivity contribution is 7.98. The number of esters is 1. The summed E-state index contributed by atoms with van der Waals surface area (Å²) in [6.07, 6.45) is 0. The molecule has 2 aromatic carbocycles. The molecular weight excluding hydrogens is 306 g/mol. The summed E-state index contributed by atoms with van der Waals surface area (Å²) >= 11 is 1.65. The number of carbonyl (C=O) groups excluding carboxylic acids is 1. The van der Waals surface area contributed by atoms with Crippen molar-refractivity contribution in [3.8, 4) is 0 Å². The molecule has 2 aromatic rings. The monoisotopic (exact) mass is 325 g/mol. The fourth-order valence-electron chi connectivity index (χ4n) is 1.95. The van der Waals surface area contributed by atoms with Crippen LogP contribution in [-0.4, -0.2) is 24.4 Å². The average Bonchev–Trinajstić information content (AvgIpc) is 2.47. The van der Waals surface area contributed by atoms with Crippen molar-refractivity contribution in [2.75, 3.05) is 12.4 Å². The van der Waals surface area contributed by atoms with Crippen LogP contribution in [0.15, 0.2) is 42.5 Å². The van der Waals surface area contributed by atoms with Crippen molar-refractivity contribution in [1.82, 2.24) is 0 Å². The van der Waals surface area contributed by atoms with Crippen molar-refractivity contribution in [1.29, 1.82) is 0 Å². The second-order valence-corrected chi connectivity index (χ2v) is 5.59. The van der Waals surface area contributed by atoms with Gasteiger partial charge >= 0.3 is 5.97 Å². The lowest BCUT2D eigenvalue weighted by molar-refractivity contribution is -0.144. The van der Waals surface area contributed by atoms with Crippen molar-refractivity contribution in [2.24, 2.45) is 5.73 Å². The third-order valence-electron chi connectivity index (χ3n) is 2.97. The first-order valence-electron chi connectivity index (χ1n) is 6.68. The summed E-state index contributed by atoms with van der Waals surface area (Å²) in [7, 11) is 0. The van der Waals surface area contributed by atoms with Gasteiger partial charge in [-0.05, 0) is 23.3 Å². The minimum atomic E-state index is -0.541. The molecule has 0 heterocycles. The van der Waals surface area contributed by atoms with E-state index in [0.717, 1.165) is 5.75 Å². The van der Waals surface area contributed by atoms with Gasteiger partial charge in [-0.15, -0.1) is 12.4 Å². The third kappa shape index (κ3) is 5.23. The first-order chi connectivity index (χ1) is 9.70. The van der Waals surface area contributed by atoms with Crippen LogP contribution in [0.2, 0.25) is 0 Å². The zero-order valence-electron chi connectivity index (χ0n) is 12.0. The fourth-order valence-corrected chi connectivity index (χ4v) is 2.87. The van der Waals surface area contributed by atoms with Gasteiger partial charge in [0.05, 0.1) is 6.61 Å². The van der Waals surface area contributed by atoms with Gasteiger partial charge in [0, 0.05) is 11.5 Å². The number of carbonyl (C=O) groups is 1. The van der Waals surface area contributed by atoms with Gasteiger partial charge in [-0.3, -0.25) is 4.79 Å². The fraction of sp³-hybridized carbons (Fsp3) is 0.312. The lowest BCUT2D eigenvalue weighted by Crippen LogP contribution is -2.34. The van der Waals surface area contributed by atoms with Crippen molar-refractivity contribution in [2.45, 2.75) is 18.7 Å². The summed E-state index contributed by atoms with van der Waals surface area (Å²) in [6.45, 7) is 2.16. The number of ether oxygens (including phenoxy) is 1. The van der Waals surface area contributed by atoms with Crippen LogP contribution in [0.5, 0.6) is 0 Å². The molecule has 0 spiro atoms. The number of halogens is 1. The van der Waals surface area contributed by atoms with Crippen LogP contribution in [0.25, 0.3) is 10.8 Å². The average molecular weight is 326 g/mol. The van der Waals surface area contributed by atoms with E-state index in [1.54, 1.807) is 18.7 Å². The summed E-state index contributed by atoms with van der Waals surface area (Å²) < 4.78 is 4.89. The van der Waals surface area contributed by atoms with Crippen molar-refractivity contribution in [3.05, 3.63) is 48.0 Å². The Labute approximate surface area is 135 Å². The van der Waals surface area contributed by atoms with Gasteiger partial charge in [0.2, 0.25) is 0 Å². The van der Waals surface area contributed by atoms with Crippen LogP contribution in [0.4, 0.5) is 0 Å². The van der Waals surface area contributed by atoms with Crippen LogP contribution in [0.1, 0.15) is 12.5 Å². The first-order valence-corrected chi connectivity index (χ1v) is 7.84. The van der Waals surface area contributed by atoms with E-state index in [4.69, 9.17) is 10.5 Å². The highest BCUT2D eigenvalue weighted by atomic mass is 35.5. The molecule has 0 radical (unpaired) electrons. The largest absolute Gasteiger partial charge is 0.465 e. The molecule has 0 unspecified atom stereocenters. The van der Waals surface area contributed by atoms with Gasteiger partial charge in [-0.1, -0.05) is 42.5 Å². The molecule has 0 fully saturated rings. The summed E-state index contributed by atoms with van der Waals surface area (Å²) in [6, 6.07) is 14.2. The maximum absolute atomic E-state index is 11.4. The maximum Gasteiger partial charge on any atom is 0.323 e. The Hall–Kier alpha value is -1.23. The van der Waals surface area contributed by atoms with E-state index in [2.05, 4.69) is 30.3 Å². The molecule has 3 nitrogen and oxygen atoms in total. The van der Waals surface area contributed by atoms with E-state index in [-0.39, 0.29) is 18.4 Å². The van der Waals surface area contributed by atoms with E-state index in [0.29, 0.717) is 12.4 Å². The first kappa shape index (κ1) is 17.8. The number of fused-ring (bicyclic) bond motifs is 1. The Kier molecular flexibility index (Phi) is 7.57. The highest BCUT2D eigenvalue weighted by Gasteiger charge is 2.14. The van der Waals surface area contributed by atoms with Crippen LogP contribution < -0.4 is 5.73 Å². The van der Waals surface area contributed by atoms with E-state index in [1.807, 2.05) is 12.1 Å². The van der Waals surface area contributed by atoms with Crippen molar-refractivity contribution < 1.29 is 9.53 Å². The number of thioether (sulfide) groups is 1. The highest BCUT2D eigenvalue weighted by Crippen LogP contribution is 2.19. The van der Waals surface area contributed by atoms with Crippen LogP contribution in [-0.2, 0) is 15.3 Å². The maximum atomic E-state index is 11.4. The van der Waals surface area contributed by atoms with Gasteiger partial charge in [0.1, 0.15) is 6.04 Å². The number of hydrogen-bond acceptors (Lipinski definition) is 4. The number of benzene rings is 2. The van der Waals surface area contributed by atoms with E-state index >= 15 is 0 Å². The minimum Gasteiger partial charge on any atom is -0.465 e. The molecule has 1 atom stereocenters. The third-order valence-corrected chi connectivity index (χ3v) is 4.10. The van der Waals surface area contributed by atoms with Crippen molar-refractivity contribution in [3.63, 3.8) is 0 Å². The summed E-state index contributed by atoms with van der Waals surface area (Å²) in [5, 5.41) is 2.48. The number of nitrogens with two attached hydrogens (primary N) is 1. The van der Waals surface area contributed by atoms with Gasteiger partial charge in [-0.25, -0.2) is 0 Å². The van der Waals surface area contributed by atoms with E-state index < -0.39 is 6.04 Å². The Morgan fingerprint density at radius 3 is 2.67 bits per heavy atom. The lowest BCUT2D eigenvalue weighted by atomic mass is 10.1. The molecule has 0 bridgehead atoms. The zero-order valence-corrected chi connectivity index (χ0v) is 13.6. The molecule has 21 heavy (non-hydrogen) atoms. The van der Waals surface area contributed by atoms with E-state index in [9.17, 15) is 4.79 Å². The molecule has 2 N–H and O–H groups in total. The molecule has 0 aromatic heterocycles. The van der Waals surface area contributed by atoms with Gasteiger partial charge < -0.3 is 10.5 Å². The Morgan fingerprint density at radius 2 is 1.95 bits per heavy atom. The molecule has 0 aliphatic rings. The SMILES string of the molecule is CCOC(=O)[C@@H](N)CSCc1ccc2ccccc2c1.Cl. The second-order valence-electron chi connectivity index (χ2n) is 4.56. The standard InChI is InChI=1S/C16H19NO2S.ClH/c1-2-19-16(18)15(17)11-20-10-12-7-8-13-5-3-4-6-14(13)9-12;/h3-9,15H,2,10-11,17H2,1H3;1H/t15-;/m0./s1. The molecule has 114 valence electrons. The Morgan fingerprint density at radius 1 is 1.24 bits per heavy atom. The summed E-state index contributed by atoms with van der Waals surface area (Å²) in [5.41, 5.74) is 7.00. The van der Waals surface area contributed by atoms with Crippen molar-refractivity contribution >= 4 is 40.9 Å². The molecule has 5 heteroatoms. The number of rotatable bonds is 6. The summed E-state index contributed by atoms with van der Waals surface area (Å²) in [5.74, 6) is 1.10. The van der Waals surface area contributed by atoms with Gasteiger partial charge in [0.15, 0.2) is 0 Å². The summed E-state index contributed by atoms with van der Waals surface area (Å²) in [4.78, 5) is 11.4. The number of hydrogen-bond donors (Lipinski definition) is 1. The predicted molar refractivity (Wildman–Crippen MR) is 92.0 cm³/mol. The molecule has 0 saturated heterocycles. The molecular formula is C16H20ClNO2S. The quantitative estimate of drug-likeness (QED) is 0.827. The molecule has 0 amide bonds. The molecule has 0 aliphatic heterocycles. The van der Waals surface area contributed by atoms with Gasteiger partial charge in [-0.2, -0.15) is 11.8 Å². The smallest absolute Gasteiger partial charge is 0.323 e. The van der Waals surface area contributed by atoms with Crippen LogP contribution in [0.3, 0.4) is 0 Å². The predicted octanol–water partition coefficient (Wildman–Crippen LogP) is 3.39. The lowest BCUT2D eigenvalue weighted by Gasteiger charge is -2.10.